The van der Waals surface area contributed by atoms with Crippen molar-refractivity contribution in [2.45, 2.75) is 57.6 Å². The molecule has 26 heavy (non-hydrogen) atoms. The third-order valence-electron chi connectivity index (χ3n) is 5.25. The Balaban J connectivity index is 1.53. The molecule has 142 valence electrons. The van der Waals surface area contributed by atoms with E-state index in [9.17, 15) is 14.7 Å². The number of urea groups is 1. The van der Waals surface area contributed by atoms with Crippen LogP contribution in [-0.4, -0.2) is 46.7 Å². The van der Waals surface area contributed by atoms with Gasteiger partial charge in [0.15, 0.2) is 0 Å². The van der Waals surface area contributed by atoms with Crippen LogP contribution in [0.15, 0.2) is 24.3 Å². The molecule has 1 saturated heterocycles. The predicted octanol–water partition coefficient (Wildman–Crippen LogP) is 2.44. The Kier molecular flexibility index (Phi) is 4.73. The molecule has 6 heteroatoms. The largest absolute Gasteiger partial charge is 0.491 e. The van der Waals surface area contributed by atoms with Crippen LogP contribution in [-0.2, 0) is 10.2 Å². The summed E-state index contributed by atoms with van der Waals surface area (Å²) in [4.78, 5) is 25.8. The highest BCUT2D eigenvalue weighted by Crippen LogP contribution is 2.42. The van der Waals surface area contributed by atoms with Crippen LogP contribution < -0.4 is 10.1 Å². The van der Waals surface area contributed by atoms with E-state index >= 15 is 0 Å². The SMILES string of the molecule is CC(C)(C)c1ccc(OCC(O)CN2C(=O)NC(C)(C3CC3)C2=O)cc1. The first-order chi connectivity index (χ1) is 12.1. The fraction of sp³-hybridized carbons (Fsp3) is 0.600. The van der Waals surface area contributed by atoms with Gasteiger partial charge in [-0.1, -0.05) is 32.9 Å². The quantitative estimate of drug-likeness (QED) is 0.764. The van der Waals surface area contributed by atoms with Gasteiger partial charge in [0.1, 0.15) is 24.0 Å². The molecule has 1 aliphatic carbocycles. The van der Waals surface area contributed by atoms with Crippen LogP contribution in [0.4, 0.5) is 4.79 Å². The van der Waals surface area contributed by atoms with Gasteiger partial charge in [-0.2, -0.15) is 0 Å². The number of β-amino-alcohol motifs (C(OH)–C–C–N with tert-alkyl or cyclic N) is 1. The Morgan fingerprint density at radius 3 is 2.42 bits per heavy atom. The Morgan fingerprint density at radius 2 is 1.88 bits per heavy atom. The number of hydrogen-bond acceptors (Lipinski definition) is 4. The van der Waals surface area contributed by atoms with Crippen LogP contribution >= 0.6 is 0 Å². The topological polar surface area (TPSA) is 78.9 Å². The second kappa shape index (κ2) is 6.58. The van der Waals surface area contributed by atoms with Crippen LogP contribution in [0, 0.1) is 5.92 Å². The summed E-state index contributed by atoms with van der Waals surface area (Å²) in [5, 5.41) is 13.0. The second-order valence-electron chi connectivity index (χ2n) is 8.56. The normalized spacial score (nSPS) is 24.6. The van der Waals surface area contributed by atoms with Crippen molar-refractivity contribution in [3.8, 4) is 5.75 Å². The van der Waals surface area contributed by atoms with Gasteiger partial charge in [-0.05, 0) is 48.8 Å². The van der Waals surface area contributed by atoms with Crippen LogP contribution in [0.5, 0.6) is 5.75 Å². The summed E-state index contributed by atoms with van der Waals surface area (Å²) < 4.78 is 5.61. The van der Waals surface area contributed by atoms with E-state index in [1.807, 2.05) is 24.3 Å². The lowest BCUT2D eigenvalue weighted by Crippen LogP contribution is -2.46. The summed E-state index contributed by atoms with van der Waals surface area (Å²) in [6, 6.07) is 7.30. The minimum Gasteiger partial charge on any atom is -0.491 e. The number of imide groups is 1. The lowest BCUT2D eigenvalue weighted by molar-refractivity contribution is -0.132. The van der Waals surface area contributed by atoms with Gasteiger partial charge in [-0.15, -0.1) is 0 Å². The number of aliphatic hydroxyl groups excluding tert-OH is 1. The summed E-state index contributed by atoms with van der Waals surface area (Å²) in [6.45, 7) is 8.14. The van der Waals surface area contributed by atoms with E-state index in [2.05, 4.69) is 26.1 Å². The zero-order chi connectivity index (χ0) is 19.1. The van der Waals surface area contributed by atoms with Crippen molar-refractivity contribution in [3.05, 3.63) is 29.8 Å². The molecule has 2 atom stereocenters. The van der Waals surface area contributed by atoms with E-state index in [4.69, 9.17) is 4.74 Å². The first-order valence-electron chi connectivity index (χ1n) is 9.17. The average molecular weight is 360 g/mol. The van der Waals surface area contributed by atoms with Crippen LogP contribution in [0.2, 0.25) is 0 Å². The third kappa shape index (κ3) is 3.70. The molecule has 1 saturated carbocycles. The number of carbonyl (C=O) groups is 2. The maximum atomic E-state index is 12.6. The standard InChI is InChI=1S/C20H28N2O4/c1-19(2,3)13-7-9-16(10-8-13)26-12-15(23)11-22-17(24)20(4,14-5-6-14)21-18(22)25/h7-10,14-15,23H,5-6,11-12H2,1-4H3,(H,21,25). The van der Waals surface area contributed by atoms with Gasteiger partial charge in [-0.3, -0.25) is 9.69 Å². The van der Waals surface area contributed by atoms with Crippen molar-refractivity contribution in [2.24, 2.45) is 5.92 Å². The molecule has 0 spiro atoms. The van der Waals surface area contributed by atoms with E-state index in [1.54, 1.807) is 6.92 Å². The molecule has 1 aromatic rings. The fourth-order valence-corrected chi connectivity index (χ4v) is 3.33. The van der Waals surface area contributed by atoms with Crippen molar-refractivity contribution < 1.29 is 19.4 Å². The Morgan fingerprint density at radius 1 is 1.27 bits per heavy atom. The molecule has 0 aromatic heterocycles. The van der Waals surface area contributed by atoms with Crippen molar-refractivity contribution in [2.75, 3.05) is 13.2 Å². The van der Waals surface area contributed by atoms with Gasteiger partial charge in [0, 0.05) is 0 Å². The number of aliphatic hydroxyl groups is 1. The van der Waals surface area contributed by atoms with Gasteiger partial charge in [0.05, 0.1) is 6.54 Å². The van der Waals surface area contributed by atoms with Gasteiger partial charge < -0.3 is 15.2 Å². The molecule has 0 radical (unpaired) electrons. The number of carbonyl (C=O) groups excluding carboxylic acids is 2. The average Bonchev–Trinajstić information content (AvgIpc) is 3.39. The lowest BCUT2D eigenvalue weighted by atomic mass is 9.87. The molecular formula is C20H28N2O4. The number of benzene rings is 1. The number of nitrogens with one attached hydrogen (secondary N) is 1. The van der Waals surface area contributed by atoms with Crippen LogP contribution in [0.3, 0.4) is 0 Å². The maximum absolute atomic E-state index is 12.6. The van der Waals surface area contributed by atoms with E-state index in [0.717, 1.165) is 17.7 Å². The summed E-state index contributed by atoms with van der Waals surface area (Å²) in [5.74, 6) is 0.606. The van der Waals surface area contributed by atoms with Crippen molar-refractivity contribution in [1.29, 1.82) is 0 Å². The summed E-state index contributed by atoms with van der Waals surface area (Å²) in [6.07, 6.45) is 0.965. The van der Waals surface area contributed by atoms with Crippen LogP contribution in [0.25, 0.3) is 0 Å². The molecule has 3 amide bonds. The highest BCUT2D eigenvalue weighted by atomic mass is 16.5. The summed E-state index contributed by atoms with van der Waals surface area (Å²) in [7, 11) is 0. The molecule has 2 aliphatic rings. The van der Waals surface area contributed by atoms with E-state index in [0.29, 0.717) is 5.75 Å². The molecule has 2 unspecified atom stereocenters. The monoisotopic (exact) mass is 360 g/mol. The zero-order valence-corrected chi connectivity index (χ0v) is 15.9. The fourth-order valence-electron chi connectivity index (χ4n) is 3.33. The highest BCUT2D eigenvalue weighted by molar-refractivity contribution is 6.07. The summed E-state index contributed by atoms with van der Waals surface area (Å²) >= 11 is 0. The molecular weight excluding hydrogens is 332 g/mol. The molecule has 3 rings (SSSR count). The van der Waals surface area contributed by atoms with Gasteiger partial charge >= 0.3 is 6.03 Å². The Labute approximate surface area is 154 Å². The zero-order valence-electron chi connectivity index (χ0n) is 15.9. The molecule has 1 aliphatic heterocycles. The number of hydrogen-bond donors (Lipinski definition) is 2. The second-order valence-corrected chi connectivity index (χ2v) is 8.56. The van der Waals surface area contributed by atoms with E-state index < -0.39 is 17.7 Å². The first-order valence-corrected chi connectivity index (χ1v) is 9.17. The molecule has 1 heterocycles. The van der Waals surface area contributed by atoms with Gasteiger partial charge in [0.2, 0.25) is 0 Å². The molecule has 1 aromatic carbocycles. The minimum absolute atomic E-state index is 0.0199. The Bertz CT molecular complexity index is 691. The molecule has 2 fully saturated rings. The predicted molar refractivity (Wildman–Crippen MR) is 98.0 cm³/mol. The number of rotatable bonds is 6. The molecule has 0 bridgehead atoms. The van der Waals surface area contributed by atoms with Gasteiger partial charge in [0.25, 0.3) is 5.91 Å². The van der Waals surface area contributed by atoms with Crippen molar-refractivity contribution in [1.82, 2.24) is 10.2 Å². The van der Waals surface area contributed by atoms with Gasteiger partial charge in [-0.25, -0.2) is 4.79 Å². The highest BCUT2D eigenvalue weighted by Gasteiger charge is 2.56. The van der Waals surface area contributed by atoms with Crippen molar-refractivity contribution in [3.63, 3.8) is 0 Å². The number of nitrogens with zero attached hydrogens (tertiary/aromatic N) is 1. The minimum atomic E-state index is -0.937. The lowest BCUT2D eigenvalue weighted by Gasteiger charge is -2.22. The smallest absolute Gasteiger partial charge is 0.325 e. The third-order valence-corrected chi connectivity index (χ3v) is 5.25. The molecule has 6 nitrogen and oxygen atoms in total. The van der Waals surface area contributed by atoms with E-state index in [1.165, 1.54) is 5.56 Å². The van der Waals surface area contributed by atoms with Crippen molar-refractivity contribution >= 4 is 11.9 Å². The Hall–Kier alpha value is -2.08. The van der Waals surface area contributed by atoms with E-state index in [-0.39, 0.29) is 30.4 Å². The molecule has 2 N–H and O–H groups in total. The first kappa shape index (κ1) is 18.7. The number of ether oxygens (including phenoxy) is 1. The number of amides is 3. The summed E-state index contributed by atoms with van der Waals surface area (Å²) in [5.41, 5.74) is 0.444. The maximum Gasteiger partial charge on any atom is 0.325 e. The van der Waals surface area contributed by atoms with Crippen LogP contribution in [0.1, 0.15) is 46.1 Å².